The first-order valence-electron chi connectivity index (χ1n) is 6.03. The zero-order valence-electron chi connectivity index (χ0n) is 10.1. The third-order valence-electron chi connectivity index (χ3n) is 3.41. The van der Waals surface area contributed by atoms with Gasteiger partial charge in [-0.05, 0) is 45.2 Å². The molecular weight excluding hydrogens is 172 g/mol. The van der Waals surface area contributed by atoms with E-state index in [4.69, 9.17) is 5.73 Å². The van der Waals surface area contributed by atoms with Crippen molar-refractivity contribution in [2.24, 2.45) is 11.7 Å². The van der Waals surface area contributed by atoms with Crippen molar-refractivity contribution in [3.05, 3.63) is 0 Å². The highest BCUT2D eigenvalue weighted by atomic mass is 15.2. The molecule has 2 heteroatoms. The molecule has 1 atom stereocenters. The van der Waals surface area contributed by atoms with Gasteiger partial charge in [-0.1, -0.05) is 20.3 Å². The van der Waals surface area contributed by atoms with E-state index in [1.54, 1.807) is 0 Å². The molecule has 0 aromatic rings. The predicted molar refractivity (Wildman–Crippen MR) is 62.3 cm³/mol. The van der Waals surface area contributed by atoms with Crippen LogP contribution in [-0.4, -0.2) is 30.1 Å². The van der Waals surface area contributed by atoms with E-state index in [0.717, 1.165) is 12.5 Å². The Labute approximate surface area is 88.8 Å². The highest BCUT2D eigenvalue weighted by Crippen LogP contribution is 2.26. The van der Waals surface area contributed by atoms with Crippen molar-refractivity contribution < 1.29 is 0 Å². The van der Waals surface area contributed by atoms with Gasteiger partial charge in [0.15, 0.2) is 0 Å². The fourth-order valence-electron chi connectivity index (χ4n) is 2.65. The van der Waals surface area contributed by atoms with E-state index >= 15 is 0 Å². The Morgan fingerprint density at radius 2 is 1.79 bits per heavy atom. The van der Waals surface area contributed by atoms with Crippen molar-refractivity contribution >= 4 is 0 Å². The third kappa shape index (κ3) is 2.96. The van der Waals surface area contributed by atoms with Crippen molar-refractivity contribution in [2.45, 2.75) is 52.0 Å². The van der Waals surface area contributed by atoms with E-state index in [2.05, 4.69) is 25.7 Å². The van der Waals surface area contributed by atoms with Crippen LogP contribution in [0.2, 0.25) is 0 Å². The molecule has 0 amide bonds. The van der Waals surface area contributed by atoms with E-state index in [1.807, 2.05) is 0 Å². The average Bonchev–Trinajstić information content (AvgIpc) is 2.18. The molecule has 2 nitrogen and oxygen atoms in total. The quantitative estimate of drug-likeness (QED) is 0.750. The number of nitrogens with two attached hydrogens (primary N) is 1. The standard InChI is InChI=1S/C12H26N2/c1-11(2)9-12(3,10-13)14-7-5-4-6-8-14/h11H,4-10,13H2,1-3H3. The first-order chi connectivity index (χ1) is 6.58. The van der Waals surface area contributed by atoms with Gasteiger partial charge in [0.2, 0.25) is 0 Å². The van der Waals surface area contributed by atoms with E-state index in [-0.39, 0.29) is 5.54 Å². The largest absolute Gasteiger partial charge is 0.329 e. The predicted octanol–water partition coefficient (Wildman–Crippen LogP) is 2.24. The third-order valence-corrected chi connectivity index (χ3v) is 3.41. The van der Waals surface area contributed by atoms with Gasteiger partial charge in [0.25, 0.3) is 0 Å². The second kappa shape index (κ2) is 5.13. The number of rotatable bonds is 4. The van der Waals surface area contributed by atoms with Crippen molar-refractivity contribution in [1.82, 2.24) is 4.90 Å². The van der Waals surface area contributed by atoms with Gasteiger partial charge < -0.3 is 5.73 Å². The summed E-state index contributed by atoms with van der Waals surface area (Å²) in [5.74, 6) is 0.741. The van der Waals surface area contributed by atoms with E-state index in [0.29, 0.717) is 0 Å². The minimum absolute atomic E-state index is 0.245. The summed E-state index contributed by atoms with van der Waals surface area (Å²) in [4.78, 5) is 2.61. The Hall–Kier alpha value is -0.0800. The van der Waals surface area contributed by atoms with Crippen LogP contribution in [0, 0.1) is 5.92 Å². The van der Waals surface area contributed by atoms with Gasteiger partial charge >= 0.3 is 0 Å². The maximum absolute atomic E-state index is 5.94. The van der Waals surface area contributed by atoms with Gasteiger partial charge in [-0.15, -0.1) is 0 Å². The normalized spacial score (nSPS) is 23.8. The lowest BCUT2D eigenvalue weighted by molar-refractivity contribution is 0.0690. The van der Waals surface area contributed by atoms with Crippen LogP contribution >= 0.6 is 0 Å². The Morgan fingerprint density at radius 3 is 2.21 bits per heavy atom. The van der Waals surface area contributed by atoms with Crippen LogP contribution < -0.4 is 5.73 Å². The molecule has 1 heterocycles. The Kier molecular flexibility index (Phi) is 4.39. The topological polar surface area (TPSA) is 29.3 Å². The van der Waals surface area contributed by atoms with Crippen molar-refractivity contribution in [3.8, 4) is 0 Å². The molecule has 1 saturated heterocycles. The van der Waals surface area contributed by atoms with Crippen LogP contribution in [0.4, 0.5) is 0 Å². The molecule has 0 aromatic carbocycles. The number of likely N-dealkylation sites (tertiary alicyclic amines) is 1. The van der Waals surface area contributed by atoms with Crippen LogP contribution in [0.3, 0.4) is 0 Å². The molecule has 0 saturated carbocycles. The summed E-state index contributed by atoms with van der Waals surface area (Å²) in [6.07, 6.45) is 5.34. The smallest absolute Gasteiger partial charge is 0.0306 e. The molecule has 84 valence electrons. The van der Waals surface area contributed by atoms with Gasteiger partial charge in [-0.3, -0.25) is 4.90 Å². The lowest BCUT2D eigenvalue weighted by atomic mass is 9.87. The molecule has 2 N–H and O–H groups in total. The summed E-state index contributed by atoms with van der Waals surface area (Å²) in [7, 11) is 0. The molecule has 1 fully saturated rings. The van der Waals surface area contributed by atoms with Crippen LogP contribution in [0.25, 0.3) is 0 Å². The molecule has 0 spiro atoms. The highest BCUT2D eigenvalue weighted by molar-refractivity contribution is 4.89. The zero-order valence-corrected chi connectivity index (χ0v) is 10.1. The molecule has 1 unspecified atom stereocenters. The first-order valence-corrected chi connectivity index (χ1v) is 6.03. The van der Waals surface area contributed by atoms with Crippen LogP contribution in [0.5, 0.6) is 0 Å². The number of hydrogen-bond acceptors (Lipinski definition) is 2. The van der Waals surface area contributed by atoms with Gasteiger partial charge in [0.05, 0.1) is 0 Å². The molecule has 1 rings (SSSR count). The molecule has 14 heavy (non-hydrogen) atoms. The molecular formula is C12H26N2. The summed E-state index contributed by atoms with van der Waals surface area (Å²) in [5, 5.41) is 0. The van der Waals surface area contributed by atoms with Gasteiger partial charge in [-0.2, -0.15) is 0 Å². The summed E-state index contributed by atoms with van der Waals surface area (Å²) in [6.45, 7) is 10.2. The van der Waals surface area contributed by atoms with E-state index < -0.39 is 0 Å². The summed E-state index contributed by atoms with van der Waals surface area (Å²) in [5.41, 5.74) is 6.19. The Bertz CT molecular complexity index is 162. The summed E-state index contributed by atoms with van der Waals surface area (Å²) >= 11 is 0. The molecule has 0 aromatic heterocycles. The van der Waals surface area contributed by atoms with Crippen molar-refractivity contribution in [1.29, 1.82) is 0 Å². The second-order valence-electron chi connectivity index (χ2n) is 5.35. The monoisotopic (exact) mass is 198 g/mol. The van der Waals surface area contributed by atoms with E-state index in [9.17, 15) is 0 Å². The van der Waals surface area contributed by atoms with Crippen molar-refractivity contribution in [3.63, 3.8) is 0 Å². The molecule has 0 radical (unpaired) electrons. The van der Waals surface area contributed by atoms with Crippen LogP contribution in [0.1, 0.15) is 46.5 Å². The average molecular weight is 198 g/mol. The molecule has 1 aliphatic rings. The lowest BCUT2D eigenvalue weighted by Crippen LogP contribution is -2.54. The molecule has 0 bridgehead atoms. The van der Waals surface area contributed by atoms with E-state index in [1.165, 1.54) is 38.8 Å². The Balaban J connectivity index is 2.56. The summed E-state index contributed by atoms with van der Waals surface area (Å²) < 4.78 is 0. The van der Waals surface area contributed by atoms with Gasteiger partial charge in [0.1, 0.15) is 0 Å². The number of hydrogen-bond donors (Lipinski definition) is 1. The lowest BCUT2D eigenvalue weighted by Gasteiger charge is -2.44. The number of nitrogens with zero attached hydrogens (tertiary/aromatic N) is 1. The van der Waals surface area contributed by atoms with Crippen LogP contribution in [-0.2, 0) is 0 Å². The SMILES string of the molecule is CC(C)CC(C)(CN)N1CCCCC1. The van der Waals surface area contributed by atoms with Gasteiger partial charge in [0, 0.05) is 12.1 Å². The number of piperidine rings is 1. The fraction of sp³-hybridized carbons (Fsp3) is 1.00. The zero-order chi connectivity index (χ0) is 10.6. The molecule has 1 aliphatic heterocycles. The summed E-state index contributed by atoms with van der Waals surface area (Å²) in [6, 6.07) is 0. The maximum atomic E-state index is 5.94. The highest BCUT2D eigenvalue weighted by Gasteiger charge is 2.31. The van der Waals surface area contributed by atoms with Gasteiger partial charge in [-0.25, -0.2) is 0 Å². The first kappa shape index (κ1) is 12.0. The maximum Gasteiger partial charge on any atom is 0.0306 e. The van der Waals surface area contributed by atoms with Crippen LogP contribution in [0.15, 0.2) is 0 Å². The minimum Gasteiger partial charge on any atom is -0.329 e. The fourth-order valence-corrected chi connectivity index (χ4v) is 2.65. The second-order valence-corrected chi connectivity index (χ2v) is 5.35. The Morgan fingerprint density at radius 1 is 1.21 bits per heavy atom. The van der Waals surface area contributed by atoms with Crippen molar-refractivity contribution in [2.75, 3.05) is 19.6 Å². The minimum atomic E-state index is 0.245. The molecule has 0 aliphatic carbocycles.